The SMILES string of the molecule is COc1cccc(C=NNC(=O)c2cccc(C)c2)c1O. The van der Waals surface area contributed by atoms with E-state index in [2.05, 4.69) is 10.5 Å². The zero-order valence-corrected chi connectivity index (χ0v) is 11.8. The summed E-state index contributed by atoms with van der Waals surface area (Å²) in [6.07, 6.45) is 1.37. The van der Waals surface area contributed by atoms with E-state index in [1.165, 1.54) is 13.3 Å². The molecule has 0 spiro atoms. The largest absolute Gasteiger partial charge is 0.504 e. The number of para-hydroxylation sites is 1. The van der Waals surface area contributed by atoms with Gasteiger partial charge in [-0.05, 0) is 31.2 Å². The Kier molecular flexibility index (Phi) is 4.56. The minimum Gasteiger partial charge on any atom is -0.504 e. The van der Waals surface area contributed by atoms with Crippen molar-refractivity contribution in [2.75, 3.05) is 7.11 Å². The number of hydrazone groups is 1. The van der Waals surface area contributed by atoms with Crippen molar-refractivity contribution in [1.82, 2.24) is 5.43 Å². The van der Waals surface area contributed by atoms with Crippen LogP contribution in [-0.2, 0) is 0 Å². The zero-order chi connectivity index (χ0) is 15.2. The molecular formula is C16H16N2O3. The molecule has 2 aromatic rings. The maximum Gasteiger partial charge on any atom is 0.271 e. The minimum absolute atomic E-state index is 0.0199. The number of nitrogens with zero attached hydrogens (tertiary/aromatic N) is 1. The zero-order valence-electron chi connectivity index (χ0n) is 11.8. The van der Waals surface area contributed by atoms with Gasteiger partial charge in [0.1, 0.15) is 0 Å². The summed E-state index contributed by atoms with van der Waals surface area (Å²) in [6.45, 7) is 1.91. The number of amides is 1. The first-order valence-corrected chi connectivity index (χ1v) is 6.38. The highest BCUT2D eigenvalue weighted by Crippen LogP contribution is 2.27. The fraction of sp³-hybridized carbons (Fsp3) is 0.125. The molecule has 21 heavy (non-hydrogen) atoms. The molecule has 0 radical (unpaired) electrons. The van der Waals surface area contributed by atoms with Crippen LogP contribution in [0.25, 0.3) is 0 Å². The van der Waals surface area contributed by atoms with Gasteiger partial charge in [-0.25, -0.2) is 5.43 Å². The quantitative estimate of drug-likeness (QED) is 0.669. The average molecular weight is 284 g/mol. The first-order chi connectivity index (χ1) is 10.1. The standard InChI is InChI=1S/C16H16N2O3/c1-11-5-3-6-12(9-11)16(20)18-17-10-13-7-4-8-14(21-2)15(13)19/h3-10,19H,1-2H3,(H,18,20). The van der Waals surface area contributed by atoms with Crippen molar-refractivity contribution < 1.29 is 14.6 Å². The van der Waals surface area contributed by atoms with Crippen LogP contribution in [0, 0.1) is 6.92 Å². The van der Waals surface area contributed by atoms with Gasteiger partial charge in [0.25, 0.3) is 5.91 Å². The maximum absolute atomic E-state index is 11.9. The van der Waals surface area contributed by atoms with Gasteiger partial charge in [0.15, 0.2) is 11.5 Å². The van der Waals surface area contributed by atoms with Crippen molar-refractivity contribution in [2.24, 2.45) is 5.10 Å². The van der Waals surface area contributed by atoms with Gasteiger partial charge in [-0.15, -0.1) is 0 Å². The topological polar surface area (TPSA) is 70.9 Å². The Bertz CT molecular complexity index is 681. The number of benzene rings is 2. The van der Waals surface area contributed by atoms with Crippen molar-refractivity contribution in [3.8, 4) is 11.5 Å². The molecule has 0 aromatic heterocycles. The summed E-state index contributed by atoms with van der Waals surface area (Å²) in [5.41, 5.74) is 4.40. The van der Waals surface area contributed by atoms with Gasteiger partial charge < -0.3 is 9.84 Å². The number of rotatable bonds is 4. The third-order valence-corrected chi connectivity index (χ3v) is 2.90. The molecule has 0 saturated heterocycles. The number of ether oxygens (including phenoxy) is 1. The van der Waals surface area contributed by atoms with Crippen LogP contribution in [-0.4, -0.2) is 24.3 Å². The molecule has 0 bridgehead atoms. The Morgan fingerprint density at radius 1 is 1.29 bits per heavy atom. The highest BCUT2D eigenvalue weighted by Gasteiger charge is 2.06. The average Bonchev–Trinajstić information content (AvgIpc) is 2.49. The van der Waals surface area contributed by atoms with Crippen molar-refractivity contribution in [1.29, 1.82) is 0 Å². The molecule has 5 heteroatoms. The Balaban J connectivity index is 2.07. The van der Waals surface area contributed by atoms with E-state index < -0.39 is 0 Å². The predicted molar refractivity (Wildman–Crippen MR) is 80.9 cm³/mol. The third kappa shape index (κ3) is 3.60. The van der Waals surface area contributed by atoms with Gasteiger partial charge in [-0.3, -0.25) is 4.79 Å². The Morgan fingerprint density at radius 3 is 2.76 bits per heavy atom. The lowest BCUT2D eigenvalue weighted by molar-refractivity contribution is 0.0955. The van der Waals surface area contributed by atoms with Gasteiger partial charge in [0, 0.05) is 11.1 Å². The van der Waals surface area contributed by atoms with Crippen LogP contribution in [0.4, 0.5) is 0 Å². The van der Waals surface area contributed by atoms with Crippen molar-refractivity contribution in [3.63, 3.8) is 0 Å². The second-order valence-corrected chi connectivity index (χ2v) is 4.47. The number of phenolic OH excluding ortho intramolecular Hbond substituents is 1. The molecule has 5 nitrogen and oxygen atoms in total. The summed E-state index contributed by atoms with van der Waals surface area (Å²) in [7, 11) is 1.47. The molecule has 2 N–H and O–H groups in total. The smallest absolute Gasteiger partial charge is 0.271 e. The molecule has 0 aliphatic carbocycles. The number of aromatic hydroxyl groups is 1. The van der Waals surface area contributed by atoms with Crippen LogP contribution in [0.3, 0.4) is 0 Å². The lowest BCUT2D eigenvalue weighted by Gasteiger charge is -2.05. The molecule has 0 aliphatic heterocycles. The molecule has 0 heterocycles. The monoisotopic (exact) mass is 284 g/mol. The molecular weight excluding hydrogens is 268 g/mol. The predicted octanol–water partition coefficient (Wildman–Crippen LogP) is 2.47. The van der Waals surface area contributed by atoms with Gasteiger partial charge in [0.2, 0.25) is 0 Å². The molecule has 2 aromatic carbocycles. The van der Waals surface area contributed by atoms with Crippen molar-refractivity contribution in [3.05, 3.63) is 59.2 Å². The van der Waals surface area contributed by atoms with E-state index in [0.29, 0.717) is 16.9 Å². The number of nitrogens with one attached hydrogen (secondary N) is 1. The molecule has 0 unspecified atom stereocenters. The van der Waals surface area contributed by atoms with Gasteiger partial charge in [-0.1, -0.05) is 23.8 Å². The summed E-state index contributed by atoms with van der Waals surface area (Å²) < 4.78 is 5.00. The second-order valence-electron chi connectivity index (χ2n) is 4.47. The number of carbonyl (C=O) groups excluding carboxylic acids is 1. The number of carbonyl (C=O) groups is 1. The van der Waals surface area contributed by atoms with Gasteiger partial charge >= 0.3 is 0 Å². The summed E-state index contributed by atoms with van der Waals surface area (Å²) in [4.78, 5) is 11.9. The summed E-state index contributed by atoms with van der Waals surface area (Å²) in [5.74, 6) is 0.0230. The lowest BCUT2D eigenvalue weighted by atomic mass is 10.1. The van der Waals surface area contributed by atoms with Crippen molar-refractivity contribution in [2.45, 2.75) is 6.92 Å². The molecule has 108 valence electrons. The molecule has 0 atom stereocenters. The van der Waals surface area contributed by atoms with E-state index >= 15 is 0 Å². The number of hydrogen-bond acceptors (Lipinski definition) is 4. The molecule has 0 aliphatic rings. The third-order valence-electron chi connectivity index (χ3n) is 2.90. The van der Waals surface area contributed by atoms with E-state index in [9.17, 15) is 9.90 Å². The second kappa shape index (κ2) is 6.56. The maximum atomic E-state index is 11.9. The lowest BCUT2D eigenvalue weighted by Crippen LogP contribution is -2.17. The highest BCUT2D eigenvalue weighted by molar-refractivity contribution is 5.95. The number of methoxy groups -OCH3 is 1. The van der Waals surface area contributed by atoms with Crippen LogP contribution >= 0.6 is 0 Å². The summed E-state index contributed by atoms with van der Waals surface area (Å²) in [5, 5.41) is 13.7. The summed E-state index contributed by atoms with van der Waals surface area (Å²) >= 11 is 0. The number of aryl methyl sites for hydroxylation is 1. The van der Waals surface area contributed by atoms with Crippen LogP contribution in [0.5, 0.6) is 11.5 Å². The van der Waals surface area contributed by atoms with E-state index in [1.807, 2.05) is 19.1 Å². The molecule has 1 amide bonds. The minimum atomic E-state index is -0.308. The first kappa shape index (κ1) is 14.6. The van der Waals surface area contributed by atoms with E-state index in [0.717, 1.165) is 5.56 Å². The first-order valence-electron chi connectivity index (χ1n) is 6.38. The fourth-order valence-electron chi connectivity index (χ4n) is 1.82. The number of phenols is 1. The van der Waals surface area contributed by atoms with Crippen molar-refractivity contribution >= 4 is 12.1 Å². The van der Waals surface area contributed by atoms with Crippen LogP contribution in [0.15, 0.2) is 47.6 Å². The van der Waals surface area contributed by atoms with Gasteiger partial charge in [0.05, 0.1) is 13.3 Å². The Morgan fingerprint density at radius 2 is 2.05 bits per heavy atom. The van der Waals surface area contributed by atoms with Crippen LogP contribution in [0.2, 0.25) is 0 Å². The van der Waals surface area contributed by atoms with Crippen LogP contribution in [0.1, 0.15) is 21.5 Å². The van der Waals surface area contributed by atoms with Gasteiger partial charge in [-0.2, -0.15) is 5.10 Å². The fourth-order valence-corrected chi connectivity index (χ4v) is 1.82. The number of hydrogen-bond donors (Lipinski definition) is 2. The molecule has 2 rings (SSSR count). The molecule has 0 saturated carbocycles. The Hall–Kier alpha value is -2.82. The summed E-state index contributed by atoms with van der Waals surface area (Å²) in [6, 6.07) is 12.2. The van der Waals surface area contributed by atoms with E-state index in [4.69, 9.17) is 4.74 Å². The molecule has 0 fully saturated rings. The normalized spacial score (nSPS) is 10.6. The Labute approximate surface area is 122 Å². The van der Waals surface area contributed by atoms with E-state index in [1.54, 1.807) is 30.3 Å². The highest BCUT2D eigenvalue weighted by atomic mass is 16.5. The van der Waals surface area contributed by atoms with Crippen LogP contribution < -0.4 is 10.2 Å². The van der Waals surface area contributed by atoms with E-state index in [-0.39, 0.29) is 11.7 Å².